The minimum absolute atomic E-state index is 0.0261. The number of hydrogen-bond donors (Lipinski definition) is 1. The molecule has 0 saturated carbocycles. The fourth-order valence-electron chi connectivity index (χ4n) is 3.94. The molecule has 27 heavy (non-hydrogen) atoms. The van der Waals surface area contributed by atoms with Crippen molar-refractivity contribution in [3.05, 3.63) is 54.8 Å². The molecule has 8 heteroatoms. The summed E-state index contributed by atoms with van der Waals surface area (Å²) < 4.78 is 2.15. The highest BCUT2D eigenvalue weighted by Gasteiger charge is 2.33. The zero-order valence-corrected chi connectivity index (χ0v) is 14.9. The number of carbonyl (C=O) groups is 1. The van der Waals surface area contributed by atoms with Gasteiger partial charge in [0.25, 0.3) is 5.91 Å². The third-order valence-corrected chi connectivity index (χ3v) is 5.47. The molecule has 0 spiro atoms. The molecule has 0 aromatic carbocycles. The Morgan fingerprint density at radius 3 is 2.85 bits per heavy atom. The average Bonchev–Trinajstić information content (AvgIpc) is 3.35. The van der Waals surface area contributed by atoms with E-state index in [0.29, 0.717) is 18.0 Å². The van der Waals surface area contributed by atoms with E-state index < -0.39 is 0 Å². The maximum atomic E-state index is 12.9. The Labute approximate surface area is 155 Å². The summed E-state index contributed by atoms with van der Waals surface area (Å²) in [5.74, 6) is 1.53. The van der Waals surface area contributed by atoms with Crippen molar-refractivity contribution in [3.8, 4) is 0 Å². The molecule has 4 aromatic heterocycles. The van der Waals surface area contributed by atoms with Gasteiger partial charge in [-0.05, 0) is 18.4 Å². The van der Waals surface area contributed by atoms with E-state index in [1.54, 1.807) is 12.4 Å². The van der Waals surface area contributed by atoms with E-state index in [2.05, 4.69) is 31.3 Å². The normalized spacial score (nSPS) is 20.4. The van der Waals surface area contributed by atoms with Crippen molar-refractivity contribution in [2.75, 3.05) is 13.1 Å². The summed E-state index contributed by atoms with van der Waals surface area (Å²) in [7, 11) is 0. The van der Waals surface area contributed by atoms with Crippen LogP contribution in [0.4, 0.5) is 0 Å². The van der Waals surface area contributed by atoms with Crippen molar-refractivity contribution >= 4 is 22.6 Å². The Hall–Kier alpha value is -3.29. The van der Waals surface area contributed by atoms with Crippen LogP contribution >= 0.6 is 0 Å². The predicted octanol–water partition coefficient (Wildman–Crippen LogP) is 2.27. The van der Waals surface area contributed by atoms with Gasteiger partial charge in [-0.2, -0.15) is 0 Å². The lowest BCUT2D eigenvalue weighted by Gasteiger charge is -2.36. The number of H-pyrrole nitrogens is 1. The molecule has 5 rings (SSSR count). The number of nitrogens with one attached hydrogen (secondary N) is 1. The molecule has 1 amide bonds. The molecule has 4 aromatic rings. The second-order valence-electron chi connectivity index (χ2n) is 7.10. The molecular formula is C19H19N7O. The molecule has 1 saturated heterocycles. The van der Waals surface area contributed by atoms with Crippen molar-refractivity contribution in [1.82, 2.24) is 34.2 Å². The number of piperidine rings is 1. The van der Waals surface area contributed by atoms with Crippen LogP contribution < -0.4 is 0 Å². The minimum Gasteiger partial charge on any atom is -0.345 e. The SMILES string of the molecule is C[C@H]1CCN(C(=O)c2cncnc2)C[C@H]1c1ncc2cnc3[nH]ccc3n12. The van der Waals surface area contributed by atoms with Crippen LogP contribution in [-0.4, -0.2) is 53.2 Å². The number of hydrogen-bond acceptors (Lipinski definition) is 5. The van der Waals surface area contributed by atoms with E-state index in [0.717, 1.165) is 35.5 Å². The van der Waals surface area contributed by atoms with E-state index in [1.165, 1.54) is 6.33 Å². The maximum absolute atomic E-state index is 12.9. The average molecular weight is 361 g/mol. The number of carbonyl (C=O) groups excluding carboxylic acids is 1. The van der Waals surface area contributed by atoms with Crippen LogP contribution in [0.3, 0.4) is 0 Å². The van der Waals surface area contributed by atoms with E-state index in [4.69, 9.17) is 4.98 Å². The first-order valence-electron chi connectivity index (χ1n) is 9.06. The molecule has 1 N–H and O–H groups in total. The fraction of sp³-hybridized carbons (Fsp3) is 0.316. The zero-order chi connectivity index (χ0) is 18.4. The highest BCUT2D eigenvalue weighted by Crippen LogP contribution is 2.33. The molecule has 0 unspecified atom stereocenters. The lowest BCUT2D eigenvalue weighted by molar-refractivity contribution is 0.0664. The highest BCUT2D eigenvalue weighted by atomic mass is 16.2. The van der Waals surface area contributed by atoms with Crippen LogP contribution in [0.2, 0.25) is 0 Å². The number of aromatic amines is 1. The largest absolute Gasteiger partial charge is 0.345 e. The Balaban J connectivity index is 1.53. The van der Waals surface area contributed by atoms with E-state index in [-0.39, 0.29) is 11.8 Å². The van der Waals surface area contributed by atoms with Crippen LogP contribution in [0.5, 0.6) is 0 Å². The van der Waals surface area contributed by atoms with Gasteiger partial charge in [0.05, 0.1) is 29.0 Å². The molecule has 136 valence electrons. The van der Waals surface area contributed by atoms with Gasteiger partial charge in [0.2, 0.25) is 0 Å². The van der Waals surface area contributed by atoms with E-state index >= 15 is 0 Å². The third-order valence-electron chi connectivity index (χ3n) is 5.47. The summed E-state index contributed by atoms with van der Waals surface area (Å²) in [4.78, 5) is 35.0. The van der Waals surface area contributed by atoms with Gasteiger partial charge in [-0.1, -0.05) is 6.92 Å². The van der Waals surface area contributed by atoms with Crippen LogP contribution in [0.1, 0.15) is 35.4 Å². The molecule has 0 bridgehead atoms. The number of fused-ring (bicyclic) bond motifs is 3. The summed E-state index contributed by atoms with van der Waals surface area (Å²) in [6.45, 7) is 3.59. The van der Waals surface area contributed by atoms with Crippen LogP contribution in [0.15, 0.2) is 43.4 Å². The number of rotatable bonds is 2. The lowest BCUT2D eigenvalue weighted by Crippen LogP contribution is -2.42. The minimum atomic E-state index is -0.0261. The van der Waals surface area contributed by atoms with Gasteiger partial charge >= 0.3 is 0 Å². The van der Waals surface area contributed by atoms with Gasteiger partial charge in [-0.3, -0.25) is 9.20 Å². The van der Waals surface area contributed by atoms with Gasteiger partial charge in [-0.25, -0.2) is 19.9 Å². The Morgan fingerprint density at radius 2 is 2.00 bits per heavy atom. The van der Waals surface area contributed by atoms with Crippen LogP contribution in [0, 0.1) is 5.92 Å². The molecule has 2 atom stereocenters. The van der Waals surface area contributed by atoms with E-state index in [9.17, 15) is 4.79 Å². The van der Waals surface area contributed by atoms with Crippen molar-refractivity contribution in [3.63, 3.8) is 0 Å². The first kappa shape index (κ1) is 15.9. The summed E-state index contributed by atoms with van der Waals surface area (Å²) in [5, 5.41) is 0. The standard InChI is InChI=1S/C19H19N7O/c1-12-3-5-25(19(27)13-6-20-11-21-7-13)10-15(12)18-24-9-14-8-23-17-16(26(14)18)2-4-22-17/h2,4,6-9,11-12,15,22H,3,5,10H2,1H3/t12-,15+/m0/s1. The van der Waals surface area contributed by atoms with Crippen molar-refractivity contribution in [2.45, 2.75) is 19.3 Å². The van der Waals surface area contributed by atoms with Crippen molar-refractivity contribution < 1.29 is 4.79 Å². The number of likely N-dealkylation sites (tertiary alicyclic amines) is 1. The monoisotopic (exact) mass is 361 g/mol. The Kier molecular flexibility index (Phi) is 3.63. The van der Waals surface area contributed by atoms with Crippen LogP contribution in [0.25, 0.3) is 16.7 Å². The molecule has 1 aliphatic rings. The first-order valence-corrected chi connectivity index (χ1v) is 9.06. The summed E-state index contributed by atoms with van der Waals surface area (Å²) in [5.41, 5.74) is 3.33. The number of imidazole rings is 1. The maximum Gasteiger partial charge on any atom is 0.257 e. The quantitative estimate of drug-likeness (QED) is 0.591. The van der Waals surface area contributed by atoms with Crippen molar-refractivity contribution in [1.29, 1.82) is 0 Å². The fourth-order valence-corrected chi connectivity index (χ4v) is 3.94. The molecule has 5 heterocycles. The van der Waals surface area contributed by atoms with E-state index in [1.807, 2.05) is 29.6 Å². The first-order chi connectivity index (χ1) is 13.2. The van der Waals surface area contributed by atoms with Gasteiger partial charge in [0.15, 0.2) is 5.65 Å². The second kappa shape index (κ2) is 6.15. The Bertz CT molecular complexity index is 1120. The van der Waals surface area contributed by atoms with Gasteiger partial charge in [0, 0.05) is 37.6 Å². The second-order valence-corrected chi connectivity index (χ2v) is 7.10. The molecule has 0 radical (unpaired) electrons. The summed E-state index contributed by atoms with van der Waals surface area (Å²) >= 11 is 0. The molecule has 8 nitrogen and oxygen atoms in total. The lowest BCUT2D eigenvalue weighted by atomic mass is 9.86. The highest BCUT2D eigenvalue weighted by molar-refractivity contribution is 5.93. The summed E-state index contributed by atoms with van der Waals surface area (Å²) in [6.07, 6.45) is 11.1. The topological polar surface area (TPSA) is 92.1 Å². The van der Waals surface area contributed by atoms with Crippen LogP contribution in [-0.2, 0) is 0 Å². The zero-order valence-electron chi connectivity index (χ0n) is 14.9. The summed E-state index contributed by atoms with van der Waals surface area (Å²) in [6, 6.07) is 2.01. The number of nitrogens with zero attached hydrogens (tertiary/aromatic N) is 6. The Morgan fingerprint density at radius 1 is 1.19 bits per heavy atom. The van der Waals surface area contributed by atoms with Crippen molar-refractivity contribution in [2.24, 2.45) is 5.92 Å². The molecule has 1 fully saturated rings. The molecular weight excluding hydrogens is 342 g/mol. The molecule has 0 aliphatic carbocycles. The molecule has 1 aliphatic heterocycles. The number of aromatic nitrogens is 6. The van der Waals surface area contributed by atoms with Gasteiger partial charge in [0.1, 0.15) is 12.2 Å². The smallest absolute Gasteiger partial charge is 0.257 e. The number of amides is 1. The van der Waals surface area contributed by atoms with Gasteiger partial charge in [-0.15, -0.1) is 0 Å². The third kappa shape index (κ3) is 2.56. The predicted molar refractivity (Wildman–Crippen MR) is 99.3 cm³/mol. The van der Waals surface area contributed by atoms with Gasteiger partial charge < -0.3 is 9.88 Å².